The fourth-order valence-electron chi connectivity index (χ4n) is 2.87. The van der Waals surface area contributed by atoms with E-state index in [4.69, 9.17) is 10.2 Å². The van der Waals surface area contributed by atoms with Gasteiger partial charge in [-0.25, -0.2) is 0 Å². The summed E-state index contributed by atoms with van der Waals surface area (Å²) >= 11 is 0. The van der Waals surface area contributed by atoms with E-state index in [1.165, 1.54) is 33.4 Å². The first kappa shape index (κ1) is 13.9. The van der Waals surface area contributed by atoms with Gasteiger partial charge in [-0.1, -0.05) is 0 Å². The minimum absolute atomic E-state index is 0.114. The molecular formula is C17H23NO. The first-order valence-corrected chi connectivity index (χ1v) is 6.72. The summed E-state index contributed by atoms with van der Waals surface area (Å²) < 4.78 is 5.39. The molecule has 2 N–H and O–H groups in total. The van der Waals surface area contributed by atoms with Gasteiger partial charge in [0.2, 0.25) is 0 Å². The van der Waals surface area contributed by atoms with Crippen molar-refractivity contribution in [1.82, 2.24) is 0 Å². The summed E-state index contributed by atoms with van der Waals surface area (Å²) in [6, 6.07) is 1.86. The summed E-state index contributed by atoms with van der Waals surface area (Å²) in [5.74, 6) is 0.905. The Morgan fingerprint density at radius 3 is 1.74 bits per heavy atom. The summed E-state index contributed by atoms with van der Waals surface area (Å²) in [7, 11) is 0. The zero-order valence-electron chi connectivity index (χ0n) is 12.7. The van der Waals surface area contributed by atoms with Crippen LogP contribution in [0.3, 0.4) is 0 Å². The average Bonchev–Trinajstić information content (AvgIpc) is 2.80. The second-order valence-electron chi connectivity index (χ2n) is 5.45. The number of benzene rings is 1. The van der Waals surface area contributed by atoms with E-state index in [1.54, 1.807) is 6.26 Å². The molecule has 102 valence electrons. The van der Waals surface area contributed by atoms with Crippen molar-refractivity contribution in [2.45, 2.75) is 47.6 Å². The molecule has 0 saturated carbocycles. The second-order valence-corrected chi connectivity index (χ2v) is 5.45. The van der Waals surface area contributed by atoms with Crippen LogP contribution in [0.5, 0.6) is 0 Å². The third-order valence-electron chi connectivity index (χ3n) is 4.60. The number of aryl methyl sites for hydroxylation is 1. The van der Waals surface area contributed by atoms with Crippen molar-refractivity contribution in [3.05, 3.63) is 57.0 Å². The van der Waals surface area contributed by atoms with Crippen molar-refractivity contribution < 1.29 is 4.42 Å². The topological polar surface area (TPSA) is 39.2 Å². The summed E-state index contributed by atoms with van der Waals surface area (Å²) in [4.78, 5) is 0. The normalized spacial score (nSPS) is 12.8. The maximum atomic E-state index is 6.49. The van der Waals surface area contributed by atoms with Gasteiger partial charge in [0.25, 0.3) is 0 Å². The second kappa shape index (κ2) is 4.86. The molecule has 0 amide bonds. The number of rotatable bonds is 2. The molecule has 1 unspecified atom stereocenters. The lowest BCUT2D eigenvalue weighted by Gasteiger charge is -2.23. The Morgan fingerprint density at radius 2 is 1.32 bits per heavy atom. The monoisotopic (exact) mass is 257 g/mol. The van der Waals surface area contributed by atoms with Crippen molar-refractivity contribution in [3.8, 4) is 0 Å². The van der Waals surface area contributed by atoms with E-state index in [9.17, 15) is 0 Å². The lowest BCUT2D eigenvalue weighted by molar-refractivity contribution is 0.527. The Hall–Kier alpha value is -1.54. The molecule has 0 saturated heterocycles. The Kier molecular flexibility index (Phi) is 3.55. The molecule has 0 aliphatic carbocycles. The molecule has 2 rings (SSSR count). The van der Waals surface area contributed by atoms with Gasteiger partial charge in [0.1, 0.15) is 5.76 Å². The van der Waals surface area contributed by atoms with Crippen molar-refractivity contribution in [2.24, 2.45) is 5.73 Å². The Bertz CT molecular complexity index is 593. The number of furan rings is 1. The van der Waals surface area contributed by atoms with E-state index in [2.05, 4.69) is 34.6 Å². The van der Waals surface area contributed by atoms with Crippen LogP contribution < -0.4 is 5.73 Å². The fraction of sp³-hybridized carbons (Fsp3) is 0.412. The lowest BCUT2D eigenvalue weighted by atomic mass is 9.84. The van der Waals surface area contributed by atoms with E-state index in [1.807, 2.05) is 13.0 Å². The third-order valence-corrected chi connectivity index (χ3v) is 4.60. The van der Waals surface area contributed by atoms with Crippen LogP contribution in [0.2, 0.25) is 0 Å². The Morgan fingerprint density at radius 1 is 0.842 bits per heavy atom. The molecule has 1 aromatic heterocycles. The van der Waals surface area contributed by atoms with Crippen LogP contribution in [0.15, 0.2) is 16.7 Å². The van der Waals surface area contributed by atoms with Crippen molar-refractivity contribution >= 4 is 0 Å². The predicted octanol–water partition coefficient (Wildman–Crippen LogP) is 4.18. The zero-order valence-corrected chi connectivity index (χ0v) is 12.7. The van der Waals surface area contributed by atoms with E-state index in [0.29, 0.717) is 0 Å². The highest BCUT2D eigenvalue weighted by Gasteiger charge is 2.21. The van der Waals surface area contributed by atoms with Crippen LogP contribution in [0.1, 0.15) is 50.7 Å². The molecule has 0 fully saturated rings. The molecule has 19 heavy (non-hydrogen) atoms. The standard InChI is InChI=1S/C17H23NO/c1-9-10(2)12(4)16(13(5)11(9)3)17(18)15-7-8-19-14(15)6/h7-8,17H,18H2,1-6H3. The summed E-state index contributed by atoms with van der Waals surface area (Å²) in [6.45, 7) is 12.8. The Labute approximate surface area is 115 Å². The van der Waals surface area contributed by atoms with Gasteiger partial charge in [0.15, 0.2) is 0 Å². The van der Waals surface area contributed by atoms with Gasteiger partial charge in [-0.2, -0.15) is 0 Å². The molecule has 1 atom stereocenters. The third kappa shape index (κ3) is 2.10. The van der Waals surface area contributed by atoms with E-state index in [-0.39, 0.29) is 6.04 Å². The predicted molar refractivity (Wildman–Crippen MR) is 79.6 cm³/mol. The highest BCUT2D eigenvalue weighted by Crippen LogP contribution is 2.33. The highest BCUT2D eigenvalue weighted by atomic mass is 16.3. The number of nitrogens with two attached hydrogens (primary N) is 1. The minimum Gasteiger partial charge on any atom is -0.469 e. The minimum atomic E-state index is -0.114. The van der Waals surface area contributed by atoms with Gasteiger partial charge in [-0.3, -0.25) is 0 Å². The van der Waals surface area contributed by atoms with Gasteiger partial charge >= 0.3 is 0 Å². The van der Waals surface area contributed by atoms with Crippen LogP contribution >= 0.6 is 0 Å². The molecule has 0 radical (unpaired) electrons. The quantitative estimate of drug-likeness (QED) is 0.876. The molecule has 0 aliphatic heterocycles. The fourth-order valence-corrected chi connectivity index (χ4v) is 2.87. The maximum absolute atomic E-state index is 6.49. The largest absolute Gasteiger partial charge is 0.469 e. The molecule has 2 heteroatoms. The number of hydrogen-bond acceptors (Lipinski definition) is 2. The lowest BCUT2D eigenvalue weighted by Crippen LogP contribution is -2.17. The molecule has 0 bridgehead atoms. The zero-order chi connectivity index (χ0) is 14.3. The van der Waals surface area contributed by atoms with Crippen molar-refractivity contribution in [2.75, 3.05) is 0 Å². The number of hydrogen-bond donors (Lipinski definition) is 1. The van der Waals surface area contributed by atoms with Crippen molar-refractivity contribution in [1.29, 1.82) is 0 Å². The maximum Gasteiger partial charge on any atom is 0.105 e. The van der Waals surface area contributed by atoms with Crippen LogP contribution in [-0.2, 0) is 0 Å². The van der Waals surface area contributed by atoms with Crippen LogP contribution in [0.25, 0.3) is 0 Å². The van der Waals surface area contributed by atoms with Gasteiger partial charge < -0.3 is 10.2 Å². The summed E-state index contributed by atoms with van der Waals surface area (Å²) in [5.41, 5.74) is 15.5. The molecule has 0 spiro atoms. The highest BCUT2D eigenvalue weighted by molar-refractivity contribution is 5.52. The Balaban J connectivity index is 2.67. The molecule has 2 aromatic rings. The summed E-state index contributed by atoms with van der Waals surface area (Å²) in [5, 5.41) is 0. The van der Waals surface area contributed by atoms with Gasteiger partial charge in [-0.05, 0) is 81.0 Å². The molecule has 1 aromatic carbocycles. The first-order chi connectivity index (χ1) is 8.86. The van der Waals surface area contributed by atoms with Gasteiger partial charge in [0.05, 0.1) is 12.3 Å². The van der Waals surface area contributed by atoms with E-state index in [0.717, 1.165) is 11.3 Å². The van der Waals surface area contributed by atoms with Gasteiger partial charge in [-0.15, -0.1) is 0 Å². The average molecular weight is 257 g/mol. The van der Waals surface area contributed by atoms with Crippen LogP contribution in [0, 0.1) is 41.5 Å². The van der Waals surface area contributed by atoms with E-state index >= 15 is 0 Å². The molecular weight excluding hydrogens is 234 g/mol. The van der Waals surface area contributed by atoms with E-state index < -0.39 is 0 Å². The van der Waals surface area contributed by atoms with Crippen molar-refractivity contribution in [3.63, 3.8) is 0 Å². The first-order valence-electron chi connectivity index (χ1n) is 6.72. The molecule has 2 nitrogen and oxygen atoms in total. The van der Waals surface area contributed by atoms with Crippen LogP contribution in [0.4, 0.5) is 0 Å². The molecule has 1 heterocycles. The smallest absolute Gasteiger partial charge is 0.105 e. The van der Waals surface area contributed by atoms with Crippen LogP contribution in [-0.4, -0.2) is 0 Å². The summed E-state index contributed by atoms with van der Waals surface area (Å²) in [6.07, 6.45) is 1.71. The molecule has 0 aliphatic rings. The SMILES string of the molecule is Cc1occc1C(N)c1c(C)c(C)c(C)c(C)c1C. The van der Waals surface area contributed by atoms with Gasteiger partial charge in [0, 0.05) is 5.56 Å².